The summed E-state index contributed by atoms with van der Waals surface area (Å²) >= 11 is 0. The molecule has 3 aromatic rings. The summed E-state index contributed by atoms with van der Waals surface area (Å²) in [5.41, 5.74) is 3.00. The zero-order valence-corrected chi connectivity index (χ0v) is 13.7. The molecule has 0 saturated carbocycles. The predicted molar refractivity (Wildman–Crippen MR) is 92.7 cm³/mol. The molecule has 6 heteroatoms. The van der Waals surface area contributed by atoms with Crippen LogP contribution in [0.4, 0.5) is 5.82 Å². The van der Waals surface area contributed by atoms with E-state index >= 15 is 0 Å². The molecule has 0 bridgehead atoms. The van der Waals surface area contributed by atoms with E-state index in [1.165, 1.54) is 0 Å². The molecule has 0 unspecified atom stereocenters. The van der Waals surface area contributed by atoms with Gasteiger partial charge in [0.1, 0.15) is 11.5 Å². The van der Waals surface area contributed by atoms with E-state index in [0.717, 1.165) is 48.8 Å². The van der Waals surface area contributed by atoms with Crippen molar-refractivity contribution >= 4 is 5.82 Å². The standard InChI is InChI=1S/C18H20N6/c1-23-13-19-11-15(23)18-17(21-8-9-22-18)14-5-4-10-24(12-14)16-6-2-3-7-20-16/h2-3,6-9,11,13-14H,4-5,10,12H2,1H3/t14-/m0/s1. The number of pyridine rings is 1. The van der Waals surface area contributed by atoms with Crippen LogP contribution in [0.3, 0.4) is 0 Å². The van der Waals surface area contributed by atoms with Crippen molar-refractivity contribution in [2.45, 2.75) is 18.8 Å². The SMILES string of the molecule is Cn1cncc1-c1nccnc1[C@H]1CCCN(c2ccccn2)C1. The Morgan fingerprint density at radius 2 is 2.00 bits per heavy atom. The zero-order valence-electron chi connectivity index (χ0n) is 13.7. The molecule has 1 saturated heterocycles. The molecule has 122 valence electrons. The van der Waals surface area contributed by atoms with E-state index in [2.05, 4.69) is 30.9 Å². The molecule has 1 aliphatic rings. The highest BCUT2D eigenvalue weighted by Crippen LogP contribution is 2.32. The highest BCUT2D eigenvalue weighted by Gasteiger charge is 2.26. The molecule has 1 aliphatic heterocycles. The highest BCUT2D eigenvalue weighted by atomic mass is 15.2. The lowest BCUT2D eigenvalue weighted by atomic mass is 9.92. The van der Waals surface area contributed by atoms with Gasteiger partial charge in [-0.15, -0.1) is 0 Å². The van der Waals surface area contributed by atoms with Crippen LogP contribution in [-0.2, 0) is 7.05 Å². The van der Waals surface area contributed by atoms with Crippen LogP contribution < -0.4 is 4.90 Å². The molecule has 1 fully saturated rings. The van der Waals surface area contributed by atoms with Gasteiger partial charge in [-0.1, -0.05) is 6.07 Å². The fourth-order valence-electron chi connectivity index (χ4n) is 3.38. The van der Waals surface area contributed by atoms with E-state index in [9.17, 15) is 0 Å². The van der Waals surface area contributed by atoms with Crippen molar-refractivity contribution in [3.8, 4) is 11.4 Å². The first-order valence-electron chi connectivity index (χ1n) is 8.26. The molecular formula is C18H20N6. The maximum Gasteiger partial charge on any atom is 0.128 e. The third-order valence-corrected chi connectivity index (χ3v) is 4.57. The van der Waals surface area contributed by atoms with Crippen LogP contribution in [0, 0.1) is 0 Å². The van der Waals surface area contributed by atoms with Crippen molar-refractivity contribution in [3.05, 3.63) is 55.0 Å². The second kappa shape index (κ2) is 6.39. The average Bonchev–Trinajstić information content (AvgIpc) is 3.08. The minimum Gasteiger partial charge on any atom is -0.356 e. The summed E-state index contributed by atoms with van der Waals surface area (Å²) in [6.07, 6.45) is 11.3. The fraction of sp³-hybridized carbons (Fsp3) is 0.333. The van der Waals surface area contributed by atoms with Crippen LogP contribution in [0.5, 0.6) is 0 Å². The largest absolute Gasteiger partial charge is 0.356 e. The van der Waals surface area contributed by atoms with Crippen molar-refractivity contribution in [2.75, 3.05) is 18.0 Å². The monoisotopic (exact) mass is 320 g/mol. The number of aromatic nitrogens is 5. The maximum atomic E-state index is 4.68. The highest BCUT2D eigenvalue weighted by molar-refractivity contribution is 5.58. The van der Waals surface area contributed by atoms with Gasteiger partial charge in [0.05, 0.1) is 23.9 Å². The minimum atomic E-state index is 0.347. The zero-order chi connectivity index (χ0) is 16.4. The van der Waals surface area contributed by atoms with E-state index in [4.69, 9.17) is 0 Å². The lowest BCUT2D eigenvalue weighted by Crippen LogP contribution is -2.35. The number of rotatable bonds is 3. The van der Waals surface area contributed by atoms with Gasteiger partial charge in [0, 0.05) is 44.6 Å². The molecule has 0 N–H and O–H groups in total. The number of anilines is 1. The van der Waals surface area contributed by atoms with Gasteiger partial charge >= 0.3 is 0 Å². The third-order valence-electron chi connectivity index (χ3n) is 4.57. The van der Waals surface area contributed by atoms with Crippen molar-refractivity contribution < 1.29 is 0 Å². The molecule has 0 amide bonds. The van der Waals surface area contributed by atoms with Crippen molar-refractivity contribution in [2.24, 2.45) is 7.05 Å². The van der Waals surface area contributed by atoms with Crippen molar-refractivity contribution in [3.63, 3.8) is 0 Å². The molecule has 0 spiro atoms. The summed E-state index contributed by atoms with van der Waals surface area (Å²) in [5, 5.41) is 0. The fourth-order valence-corrected chi connectivity index (χ4v) is 3.38. The average molecular weight is 320 g/mol. The molecule has 4 heterocycles. The minimum absolute atomic E-state index is 0.347. The lowest BCUT2D eigenvalue weighted by Gasteiger charge is -2.33. The predicted octanol–water partition coefficient (Wildman–Crippen LogP) is 2.66. The summed E-state index contributed by atoms with van der Waals surface area (Å²) in [6.45, 7) is 1.95. The number of hydrogen-bond donors (Lipinski definition) is 0. The Hall–Kier alpha value is -2.76. The normalized spacial score (nSPS) is 17.9. The molecule has 1 atom stereocenters. The summed E-state index contributed by atoms with van der Waals surface area (Å²) in [4.78, 5) is 20.3. The van der Waals surface area contributed by atoms with Crippen LogP contribution >= 0.6 is 0 Å². The van der Waals surface area contributed by atoms with Crippen LogP contribution in [0.2, 0.25) is 0 Å². The van der Waals surface area contributed by atoms with Crippen molar-refractivity contribution in [1.82, 2.24) is 24.5 Å². The topological polar surface area (TPSA) is 59.7 Å². The first-order valence-corrected chi connectivity index (χ1v) is 8.26. The quantitative estimate of drug-likeness (QED) is 0.742. The molecule has 6 nitrogen and oxygen atoms in total. The maximum absolute atomic E-state index is 4.68. The first kappa shape index (κ1) is 14.8. The van der Waals surface area contributed by atoms with Gasteiger partial charge < -0.3 is 9.47 Å². The first-order chi connectivity index (χ1) is 11.8. The molecule has 0 radical (unpaired) electrons. The van der Waals surface area contributed by atoms with E-state index in [-0.39, 0.29) is 0 Å². The molecule has 4 rings (SSSR count). The second-order valence-electron chi connectivity index (χ2n) is 6.15. The number of aryl methyl sites for hydroxylation is 1. The van der Waals surface area contributed by atoms with Gasteiger partial charge in [0.25, 0.3) is 0 Å². The number of nitrogens with zero attached hydrogens (tertiary/aromatic N) is 6. The van der Waals surface area contributed by atoms with E-state index < -0.39 is 0 Å². The summed E-state index contributed by atoms with van der Waals surface area (Å²) < 4.78 is 1.99. The van der Waals surface area contributed by atoms with E-state index in [1.54, 1.807) is 18.7 Å². The van der Waals surface area contributed by atoms with Gasteiger partial charge in [-0.2, -0.15) is 0 Å². The third kappa shape index (κ3) is 2.75. The Labute approximate surface area is 141 Å². The van der Waals surface area contributed by atoms with E-state index in [0.29, 0.717) is 5.92 Å². The van der Waals surface area contributed by atoms with Crippen LogP contribution in [-0.4, -0.2) is 37.6 Å². The summed E-state index contributed by atoms with van der Waals surface area (Å²) in [6, 6.07) is 6.06. The number of hydrogen-bond acceptors (Lipinski definition) is 5. The Morgan fingerprint density at radius 1 is 1.08 bits per heavy atom. The summed E-state index contributed by atoms with van der Waals surface area (Å²) in [5.74, 6) is 1.38. The molecule has 0 aliphatic carbocycles. The van der Waals surface area contributed by atoms with Crippen LogP contribution in [0.15, 0.2) is 49.3 Å². The van der Waals surface area contributed by atoms with Gasteiger partial charge in [0.15, 0.2) is 0 Å². The molecule has 3 aromatic heterocycles. The Kier molecular flexibility index (Phi) is 3.94. The molecule has 24 heavy (non-hydrogen) atoms. The molecular weight excluding hydrogens is 300 g/mol. The number of piperidine rings is 1. The van der Waals surface area contributed by atoms with Crippen LogP contribution in [0.1, 0.15) is 24.5 Å². The van der Waals surface area contributed by atoms with Gasteiger partial charge in [-0.25, -0.2) is 9.97 Å². The Balaban J connectivity index is 1.66. The smallest absolute Gasteiger partial charge is 0.128 e. The lowest BCUT2D eigenvalue weighted by molar-refractivity contribution is 0.498. The second-order valence-corrected chi connectivity index (χ2v) is 6.15. The Morgan fingerprint density at radius 3 is 2.79 bits per heavy atom. The summed E-state index contributed by atoms with van der Waals surface area (Å²) in [7, 11) is 1.99. The molecule has 0 aromatic carbocycles. The van der Waals surface area contributed by atoms with Crippen LogP contribution in [0.25, 0.3) is 11.4 Å². The van der Waals surface area contributed by atoms with Crippen molar-refractivity contribution in [1.29, 1.82) is 0 Å². The van der Waals surface area contributed by atoms with Gasteiger partial charge in [-0.05, 0) is 25.0 Å². The van der Waals surface area contributed by atoms with Gasteiger partial charge in [-0.3, -0.25) is 9.97 Å². The van der Waals surface area contributed by atoms with Gasteiger partial charge in [0.2, 0.25) is 0 Å². The van der Waals surface area contributed by atoms with E-state index in [1.807, 2.05) is 36.1 Å². The Bertz CT molecular complexity index is 813. The number of imidazole rings is 1.